The number of rotatable bonds is 5. The van der Waals surface area contributed by atoms with Gasteiger partial charge in [-0.25, -0.2) is 4.98 Å². The molecule has 2 aliphatic rings. The van der Waals surface area contributed by atoms with Gasteiger partial charge in [-0.05, 0) is 50.2 Å². The van der Waals surface area contributed by atoms with Gasteiger partial charge >= 0.3 is 0 Å². The minimum atomic E-state index is -0.176. The van der Waals surface area contributed by atoms with Crippen molar-refractivity contribution < 1.29 is 0 Å². The van der Waals surface area contributed by atoms with E-state index in [-0.39, 0.29) is 11.0 Å². The third kappa shape index (κ3) is 2.90. The van der Waals surface area contributed by atoms with Crippen molar-refractivity contribution in [2.45, 2.75) is 50.0 Å². The predicted octanol–water partition coefficient (Wildman–Crippen LogP) is 4.09. The van der Waals surface area contributed by atoms with Crippen molar-refractivity contribution in [3.05, 3.63) is 71.7 Å². The van der Waals surface area contributed by atoms with Crippen LogP contribution in [0.25, 0.3) is 28.2 Å². The lowest BCUT2D eigenvalue weighted by Crippen LogP contribution is -2.43. The van der Waals surface area contributed by atoms with Gasteiger partial charge in [-0.2, -0.15) is 9.50 Å². The van der Waals surface area contributed by atoms with E-state index in [4.69, 9.17) is 21.5 Å². The van der Waals surface area contributed by atoms with E-state index in [1.54, 1.807) is 0 Å². The number of hydrogen-bond acceptors (Lipinski definition) is 5. The molecule has 0 aliphatic heterocycles. The van der Waals surface area contributed by atoms with Crippen molar-refractivity contribution in [3.8, 4) is 22.4 Å². The highest BCUT2D eigenvalue weighted by atomic mass is 15.3. The van der Waals surface area contributed by atoms with Gasteiger partial charge in [-0.15, -0.1) is 5.10 Å². The molecule has 0 amide bonds. The minimum absolute atomic E-state index is 0.0888. The third-order valence-electron chi connectivity index (χ3n) is 7.38. The van der Waals surface area contributed by atoms with Gasteiger partial charge in [-0.1, -0.05) is 54.6 Å². The molecule has 162 valence electrons. The number of aryl methyl sites for hydroxylation is 1. The van der Waals surface area contributed by atoms with Crippen LogP contribution in [0.2, 0.25) is 0 Å². The van der Waals surface area contributed by atoms with Crippen LogP contribution < -0.4 is 11.5 Å². The monoisotopic (exact) mass is 424 g/mol. The van der Waals surface area contributed by atoms with Crippen molar-refractivity contribution >= 4 is 5.78 Å². The van der Waals surface area contributed by atoms with Crippen molar-refractivity contribution in [2.75, 3.05) is 6.54 Å². The van der Waals surface area contributed by atoms with Crippen molar-refractivity contribution in [1.82, 2.24) is 19.6 Å². The predicted molar refractivity (Wildman–Crippen MR) is 126 cm³/mol. The van der Waals surface area contributed by atoms with E-state index in [0.717, 1.165) is 53.8 Å². The Labute approximate surface area is 187 Å². The second kappa shape index (κ2) is 6.95. The maximum Gasteiger partial charge on any atom is 0.253 e. The van der Waals surface area contributed by atoms with Gasteiger partial charge in [0, 0.05) is 28.6 Å². The largest absolute Gasteiger partial charge is 0.330 e. The molecule has 4 aromatic rings. The summed E-state index contributed by atoms with van der Waals surface area (Å²) in [7, 11) is 0. The second-order valence-corrected chi connectivity index (χ2v) is 9.49. The number of nitrogens with two attached hydrogens (primary N) is 2. The summed E-state index contributed by atoms with van der Waals surface area (Å²) in [5.74, 6) is 1.35. The molecule has 6 rings (SSSR count). The molecule has 2 fully saturated rings. The fraction of sp³-hybridized carbons (Fsp3) is 0.346. The van der Waals surface area contributed by atoms with Crippen LogP contribution in [0.4, 0.5) is 0 Å². The summed E-state index contributed by atoms with van der Waals surface area (Å²) in [6.45, 7) is 2.50. The molecule has 4 N–H and O–H groups in total. The summed E-state index contributed by atoms with van der Waals surface area (Å²) >= 11 is 0. The summed E-state index contributed by atoms with van der Waals surface area (Å²) in [5, 5.41) is 4.72. The fourth-order valence-corrected chi connectivity index (χ4v) is 5.07. The zero-order valence-corrected chi connectivity index (χ0v) is 18.4. The first-order valence-electron chi connectivity index (χ1n) is 11.5. The molecule has 2 heterocycles. The Kier molecular flexibility index (Phi) is 4.26. The maximum atomic E-state index is 6.57. The number of benzene rings is 2. The Balaban J connectivity index is 1.63. The van der Waals surface area contributed by atoms with Crippen LogP contribution in [-0.4, -0.2) is 26.1 Å². The minimum Gasteiger partial charge on any atom is -0.330 e. The average molecular weight is 425 g/mol. The van der Waals surface area contributed by atoms with E-state index >= 15 is 0 Å². The lowest BCUT2D eigenvalue weighted by molar-refractivity contribution is 0.253. The standard InChI is InChI=1S/C26H28N6/c1-17-29-24-30-22(19-8-10-20(11-9-19)26(28)12-5-13-26)21(18-6-3-2-4-7-18)23(32(24)31-17)25(16-27)14-15-25/h2-4,6-11H,5,12-16,27-28H2,1H3. The maximum absolute atomic E-state index is 6.57. The average Bonchev–Trinajstić information content (AvgIpc) is 3.51. The van der Waals surface area contributed by atoms with Gasteiger partial charge in [0.15, 0.2) is 0 Å². The SMILES string of the molecule is Cc1nc2nc(-c3ccc(C4(N)CCC4)cc3)c(-c3ccccc3)c(C3(CN)CC3)n2n1. The summed E-state index contributed by atoms with van der Waals surface area (Å²) in [5.41, 5.74) is 19.2. The van der Waals surface area contributed by atoms with Gasteiger partial charge in [0.05, 0.1) is 11.4 Å². The van der Waals surface area contributed by atoms with E-state index in [0.29, 0.717) is 18.1 Å². The summed E-state index contributed by atoms with van der Waals surface area (Å²) in [6.07, 6.45) is 5.40. The van der Waals surface area contributed by atoms with Crippen LogP contribution in [0.1, 0.15) is 49.2 Å². The van der Waals surface area contributed by atoms with Crippen molar-refractivity contribution in [2.24, 2.45) is 11.5 Å². The molecule has 0 radical (unpaired) electrons. The molecule has 0 spiro atoms. The van der Waals surface area contributed by atoms with E-state index in [1.807, 2.05) is 17.5 Å². The molecule has 0 atom stereocenters. The van der Waals surface area contributed by atoms with Crippen LogP contribution in [-0.2, 0) is 11.0 Å². The van der Waals surface area contributed by atoms with E-state index < -0.39 is 0 Å². The summed E-state index contributed by atoms with van der Waals surface area (Å²) in [6, 6.07) is 19.1. The molecule has 0 unspecified atom stereocenters. The smallest absolute Gasteiger partial charge is 0.253 e. The lowest BCUT2D eigenvalue weighted by Gasteiger charge is -2.38. The second-order valence-electron chi connectivity index (χ2n) is 9.49. The molecular weight excluding hydrogens is 396 g/mol. The molecule has 32 heavy (non-hydrogen) atoms. The summed E-state index contributed by atoms with van der Waals surface area (Å²) < 4.78 is 1.93. The Hall–Kier alpha value is -3.09. The quantitative estimate of drug-likeness (QED) is 0.503. The zero-order chi connectivity index (χ0) is 21.9. The topological polar surface area (TPSA) is 95.1 Å². The molecule has 6 nitrogen and oxygen atoms in total. The van der Waals surface area contributed by atoms with Crippen LogP contribution in [0, 0.1) is 6.92 Å². The van der Waals surface area contributed by atoms with Gasteiger partial charge in [0.1, 0.15) is 5.82 Å². The third-order valence-corrected chi connectivity index (χ3v) is 7.38. The molecule has 2 saturated carbocycles. The highest BCUT2D eigenvalue weighted by Gasteiger charge is 2.48. The first-order chi connectivity index (χ1) is 15.5. The Bertz CT molecular complexity index is 1300. The van der Waals surface area contributed by atoms with Crippen LogP contribution in [0.15, 0.2) is 54.6 Å². The van der Waals surface area contributed by atoms with Gasteiger partial charge in [0.2, 0.25) is 0 Å². The normalized spacial score (nSPS) is 18.5. The molecule has 2 aromatic carbocycles. The Morgan fingerprint density at radius 3 is 2.22 bits per heavy atom. The number of fused-ring (bicyclic) bond motifs is 1. The molecular formula is C26H28N6. The van der Waals surface area contributed by atoms with Crippen molar-refractivity contribution in [1.29, 1.82) is 0 Å². The molecule has 2 aliphatic carbocycles. The van der Waals surface area contributed by atoms with Crippen LogP contribution >= 0.6 is 0 Å². The van der Waals surface area contributed by atoms with E-state index in [2.05, 4.69) is 53.5 Å². The fourth-order valence-electron chi connectivity index (χ4n) is 5.07. The highest BCUT2D eigenvalue weighted by molar-refractivity contribution is 5.85. The number of nitrogens with zero attached hydrogens (tertiary/aromatic N) is 4. The van der Waals surface area contributed by atoms with Gasteiger partial charge < -0.3 is 11.5 Å². The van der Waals surface area contributed by atoms with E-state index in [1.165, 1.54) is 12.0 Å². The lowest BCUT2D eigenvalue weighted by atomic mass is 9.72. The molecule has 0 saturated heterocycles. The Morgan fingerprint density at radius 2 is 1.62 bits per heavy atom. The van der Waals surface area contributed by atoms with E-state index in [9.17, 15) is 0 Å². The van der Waals surface area contributed by atoms with Gasteiger partial charge in [-0.3, -0.25) is 0 Å². The Morgan fingerprint density at radius 1 is 0.906 bits per heavy atom. The first-order valence-corrected chi connectivity index (χ1v) is 11.5. The van der Waals surface area contributed by atoms with Crippen molar-refractivity contribution in [3.63, 3.8) is 0 Å². The number of aromatic nitrogens is 4. The van der Waals surface area contributed by atoms with Crippen LogP contribution in [0.3, 0.4) is 0 Å². The summed E-state index contributed by atoms with van der Waals surface area (Å²) in [4.78, 5) is 9.65. The highest BCUT2D eigenvalue weighted by Crippen LogP contribution is 2.52. The van der Waals surface area contributed by atoms with Crippen LogP contribution in [0.5, 0.6) is 0 Å². The zero-order valence-electron chi connectivity index (χ0n) is 18.4. The molecule has 2 aromatic heterocycles. The number of hydrogen-bond donors (Lipinski definition) is 2. The first kappa shape index (κ1) is 19.6. The molecule has 6 heteroatoms. The van der Waals surface area contributed by atoms with Gasteiger partial charge in [0.25, 0.3) is 5.78 Å². The molecule has 0 bridgehead atoms.